The predicted molar refractivity (Wildman–Crippen MR) is 72.3 cm³/mol. The fourth-order valence-corrected chi connectivity index (χ4v) is 2.25. The van der Waals surface area contributed by atoms with Gasteiger partial charge in [0.05, 0.1) is 17.8 Å². The second-order valence-corrected chi connectivity index (χ2v) is 4.70. The molecule has 6 heteroatoms. The molecule has 0 saturated carbocycles. The fraction of sp³-hybridized carbons (Fsp3) is 0.167. The van der Waals surface area contributed by atoms with Crippen molar-refractivity contribution in [2.45, 2.75) is 13.5 Å². The summed E-state index contributed by atoms with van der Waals surface area (Å²) in [6.07, 6.45) is 0. The van der Waals surface area contributed by atoms with Gasteiger partial charge in [0, 0.05) is 11.1 Å². The molecule has 1 heterocycles. The Kier molecular flexibility index (Phi) is 3.91. The average molecular weight is 262 g/mol. The number of aryl methyl sites for hydroxylation is 1. The van der Waals surface area contributed by atoms with E-state index in [1.807, 2.05) is 18.4 Å². The largest absolute Gasteiger partial charge is 0.345 e. The average Bonchev–Trinajstić information content (AvgIpc) is 2.81. The minimum Gasteiger partial charge on any atom is -0.345 e. The molecular weight excluding hydrogens is 248 g/mol. The molecule has 0 aliphatic rings. The molecule has 0 saturated heterocycles. The number of amides is 1. The third kappa shape index (κ3) is 2.85. The van der Waals surface area contributed by atoms with Gasteiger partial charge < -0.3 is 10.7 Å². The highest BCUT2D eigenvalue weighted by Crippen LogP contribution is 2.14. The zero-order valence-corrected chi connectivity index (χ0v) is 10.8. The Labute approximate surface area is 109 Å². The molecule has 1 aromatic carbocycles. The van der Waals surface area contributed by atoms with Crippen LogP contribution in [0.15, 0.2) is 29.6 Å². The number of carbonyl (C=O) groups excluding carboxylic acids is 1. The lowest BCUT2D eigenvalue weighted by molar-refractivity contribution is 0.0951. The van der Waals surface area contributed by atoms with E-state index in [-0.39, 0.29) is 5.91 Å². The van der Waals surface area contributed by atoms with Crippen molar-refractivity contribution in [3.8, 4) is 0 Å². The summed E-state index contributed by atoms with van der Waals surface area (Å²) in [4.78, 5) is 16.3. The number of hydrazine groups is 1. The molecule has 94 valence electrons. The molecular formula is C12H14N4OS. The second kappa shape index (κ2) is 5.61. The smallest absolute Gasteiger partial charge is 0.253 e. The van der Waals surface area contributed by atoms with E-state index >= 15 is 0 Å². The lowest BCUT2D eigenvalue weighted by Gasteiger charge is -2.08. The molecule has 0 bridgehead atoms. The van der Waals surface area contributed by atoms with Crippen molar-refractivity contribution in [2.24, 2.45) is 5.84 Å². The number of nitrogens with two attached hydrogens (primary N) is 1. The van der Waals surface area contributed by atoms with E-state index in [0.29, 0.717) is 17.8 Å². The number of benzene rings is 1. The molecule has 5 nitrogen and oxygen atoms in total. The van der Waals surface area contributed by atoms with E-state index in [4.69, 9.17) is 5.84 Å². The molecule has 1 aromatic heterocycles. The summed E-state index contributed by atoms with van der Waals surface area (Å²) >= 11 is 1.53. The van der Waals surface area contributed by atoms with Crippen LogP contribution >= 0.6 is 11.3 Å². The molecule has 0 unspecified atom stereocenters. The number of anilines is 1. The van der Waals surface area contributed by atoms with Gasteiger partial charge in [-0.05, 0) is 19.1 Å². The third-order valence-corrected chi connectivity index (χ3v) is 3.36. The van der Waals surface area contributed by atoms with Crippen LogP contribution in [-0.4, -0.2) is 10.9 Å². The maximum absolute atomic E-state index is 12.0. The normalized spacial score (nSPS) is 10.1. The molecule has 2 aromatic rings. The van der Waals surface area contributed by atoms with Gasteiger partial charge in [-0.1, -0.05) is 12.1 Å². The minimum absolute atomic E-state index is 0.170. The highest BCUT2D eigenvalue weighted by molar-refractivity contribution is 7.09. The highest BCUT2D eigenvalue weighted by Gasteiger charge is 2.10. The SMILES string of the molecule is Cc1csc(CNC(=O)c2ccccc2NN)n1. The Hall–Kier alpha value is -1.92. The summed E-state index contributed by atoms with van der Waals surface area (Å²) in [5.41, 5.74) is 4.59. The van der Waals surface area contributed by atoms with Gasteiger partial charge >= 0.3 is 0 Å². The Morgan fingerprint density at radius 3 is 2.89 bits per heavy atom. The first kappa shape index (κ1) is 12.5. The van der Waals surface area contributed by atoms with Crippen LogP contribution in [0.1, 0.15) is 21.1 Å². The molecule has 0 aliphatic heterocycles. The van der Waals surface area contributed by atoms with Gasteiger partial charge in [-0.15, -0.1) is 11.3 Å². The third-order valence-electron chi connectivity index (χ3n) is 2.39. The van der Waals surface area contributed by atoms with Gasteiger partial charge in [0.1, 0.15) is 5.01 Å². The van der Waals surface area contributed by atoms with Crippen LogP contribution in [0.3, 0.4) is 0 Å². The number of hydrogen-bond acceptors (Lipinski definition) is 5. The van der Waals surface area contributed by atoms with Crippen LogP contribution in [0, 0.1) is 6.92 Å². The first-order chi connectivity index (χ1) is 8.70. The topological polar surface area (TPSA) is 80.0 Å². The summed E-state index contributed by atoms with van der Waals surface area (Å²) in [5.74, 6) is 5.19. The van der Waals surface area contributed by atoms with Crippen molar-refractivity contribution in [3.05, 3.63) is 45.9 Å². The van der Waals surface area contributed by atoms with Crippen molar-refractivity contribution in [1.29, 1.82) is 0 Å². The molecule has 0 aliphatic carbocycles. The van der Waals surface area contributed by atoms with Crippen molar-refractivity contribution in [1.82, 2.24) is 10.3 Å². The molecule has 0 atom stereocenters. The lowest BCUT2D eigenvalue weighted by Crippen LogP contribution is -2.24. The molecule has 4 N–H and O–H groups in total. The number of hydrogen-bond donors (Lipinski definition) is 3. The van der Waals surface area contributed by atoms with Crippen LogP contribution in [0.4, 0.5) is 5.69 Å². The number of carbonyl (C=O) groups is 1. The first-order valence-electron chi connectivity index (χ1n) is 5.45. The number of nitrogens with one attached hydrogen (secondary N) is 2. The number of nitrogens with zero attached hydrogens (tertiary/aromatic N) is 1. The molecule has 0 spiro atoms. The predicted octanol–water partition coefficient (Wildman–Crippen LogP) is 1.67. The standard InChI is InChI=1S/C12H14N4OS/c1-8-7-18-11(15-8)6-14-12(17)9-4-2-3-5-10(9)16-13/h2-5,7,16H,6,13H2,1H3,(H,14,17). The Morgan fingerprint density at radius 2 is 2.22 bits per heavy atom. The molecule has 2 rings (SSSR count). The summed E-state index contributed by atoms with van der Waals surface area (Å²) in [5, 5.41) is 5.66. The van der Waals surface area contributed by atoms with Gasteiger partial charge in [0.15, 0.2) is 0 Å². The van der Waals surface area contributed by atoms with Gasteiger partial charge in [0.2, 0.25) is 0 Å². The quantitative estimate of drug-likeness (QED) is 0.578. The van der Waals surface area contributed by atoms with Crippen LogP contribution in [0.5, 0.6) is 0 Å². The van der Waals surface area contributed by atoms with E-state index in [9.17, 15) is 4.79 Å². The Bertz CT molecular complexity index is 553. The van der Waals surface area contributed by atoms with E-state index in [0.717, 1.165) is 10.7 Å². The van der Waals surface area contributed by atoms with Crippen LogP contribution in [0.25, 0.3) is 0 Å². The van der Waals surface area contributed by atoms with Gasteiger partial charge in [0.25, 0.3) is 5.91 Å². The highest BCUT2D eigenvalue weighted by atomic mass is 32.1. The van der Waals surface area contributed by atoms with Gasteiger partial charge in [-0.3, -0.25) is 10.6 Å². The van der Waals surface area contributed by atoms with Gasteiger partial charge in [-0.25, -0.2) is 4.98 Å². The molecule has 0 fully saturated rings. The zero-order chi connectivity index (χ0) is 13.0. The number of thiazole rings is 1. The van der Waals surface area contributed by atoms with Crippen molar-refractivity contribution in [3.63, 3.8) is 0 Å². The summed E-state index contributed by atoms with van der Waals surface area (Å²) < 4.78 is 0. The van der Waals surface area contributed by atoms with Crippen molar-refractivity contribution < 1.29 is 4.79 Å². The molecule has 1 amide bonds. The van der Waals surface area contributed by atoms with Crippen LogP contribution < -0.4 is 16.6 Å². The summed E-state index contributed by atoms with van der Waals surface area (Å²) in [6, 6.07) is 7.08. The van der Waals surface area contributed by atoms with E-state index in [1.54, 1.807) is 18.2 Å². The van der Waals surface area contributed by atoms with E-state index in [2.05, 4.69) is 15.7 Å². The Balaban J connectivity index is 2.03. The zero-order valence-electron chi connectivity index (χ0n) is 9.93. The maximum Gasteiger partial charge on any atom is 0.253 e. The van der Waals surface area contributed by atoms with E-state index in [1.165, 1.54) is 11.3 Å². The number of aromatic nitrogens is 1. The van der Waals surface area contributed by atoms with Crippen molar-refractivity contribution >= 4 is 22.9 Å². The monoisotopic (exact) mass is 262 g/mol. The number of para-hydroxylation sites is 1. The summed E-state index contributed by atoms with van der Waals surface area (Å²) in [6.45, 7) is 2.35. The fourth-order valence-electron chi connectivity index (χ4n) is 1.54. The lowest BCUT2D eigenvalue weighted by atomic mass is 10.1. The second-order valence-electron chi connectivity index (χ2n) is 3.76. The van der Waals surface area contributed by atoms with Crippen LogP contribution in [-0.2, 0) is 6.54 Å². The minimum atomic E-state index is -0.170. The number of nitrogen functional groups attached to an aromatic ring is 1. The molecule has 18 heavy (non-hydrogen) atoms. The number of rotatable bonds is 4. The summed E-state index contributed by atoms with van der Waals surface area (Å²) in [7, 11) is 0. The first-order valence-corrected chi connectivity index (χ1v) is 6.33. The Morgan fingerprint density at radius 1 is 1.44 bits per heavy atom. The van der Waals surface area contributed by atoms with E-state index < -0.39 is 0 Å². The van der Waals surface area contributed by atoms with Crippen LogP contribution in [0.2, 0.25) is 0 Å². The maximum atomic E-state index is 12.0. The molecule has 0 radical (unpaired) electrons. The van der Waals surface area contributed by atoms with Gasteiger partial charge in [-0.2, -0.15) is 0 Å². The van der Waals surface area contributed by atoms with Crippen molar-refractivity contribution in [2.75, 3.05) is 5.43 Å².